The normalized spacial score (nSPS) is 30.8. The number of nitrogens with one attached hydrogen (secondary N) is 2. The van der Waals surface area contributed by atoms with E-state index in [2.05, 4.69) is 24.5 Å². The minimum atomic E-state index is 0.425. The van der Waals surface area contributed by atoms with Gasteiger partial charge in [-0.25, -0.2) is 0 Å². The molecule has 0 spiro atoms. The molecule has 2 heteroatoms. The average Bonchev–Trinajstić information content (AvgIpc) is 2.73. The van der Waals surface area contributed by atoms with Crippen LogP contribution in [0, 0.1) is 11.3 Å². The maximum Gasteiger partial charge on any atom is 0.0142 e. The lowest BCUT2D eigenvalue weighted by molar-refractivity contribution is 0.183. The van der Waals surface area contributed by atoms with Gasteiger partial charge in [-0.2, -0.15) is 0 Å². The SMILES string of the molecule is CC1(C)CNCCC1NCCC1CCCC1. The van der Waals surface area contributed by atoms with Crippen molar-refractivity contribution in [2.75, 3.05) is 19.6 Å². The molecule has 0 bridgehead atoms. The van der Waals surface area contributed by atoms with Crippen molar-refractivity contribution in [2.45, 2.75) is 58.4 Å². The fraction of sp³-hybridized carbons (Fsp3) is 1.00. The van der Waals surface area contributed by atoms with Crippen LogP contribution in [0.2, 0.25) is 0 Å². The van der Waals surface area contributed by atoms with Crippen LogP contribution in [0.5, 0.6) is 0 Å². The van der Waals surface area contributed by atoms with Crippen molar-refractivity contribution in [1.82, 2.24) is 10.6 Å². The van der Waals surface area contributed by atoms with Gasteiger partial charge in [-0.05, 0) is 37.3 Å². The lowest BCUT2D eigenvalue weighted by Crippen LogP contribution is -2.53. The number of hydrogen-bond acceptors (Lipinski definition) is 2. The summed E-state index contributed by atoms with van der Waals surface area (Å²) in [5, 5.41) is 7.30. The first kappa shape index (κ1) is 12.4. The van der Waals surface area contributed by atoms with Crippen LogP contribution < -0.4 is 10.6 Å². The Labute approximate surface area is 101 Å². The Hall–Kier alpha value is -0.0800. The van der Waals surface area contributed by atoms with E-state index in [-0.39, 0.29) is 0 Å². The van der Waals surface area contributed by atoms with E-state index < -0.39 is 0 Å². The van der Waals surface area contributed by atoms with Crippen LogP contribution in [0.3, 0.4) is 0 Å². The Morgan fingerprint density at radius 3 is 2.62 bits per heavy atom. The first-order chi connectivity index (χ1) is 7.68. The molecule has 1 unspecified atom stereocenters. The fourth-order valence-electron chi connectivity index (χ4n) is 3.31. The van der Waals surface area contributed by atoms with E-state index in [1.807, 2.05) is 0 Å². The molecule has 16 heavy (non-hydrogen) atoms. The number of rotatable bonds is 4. The van der Waals surface area contributed by atoms with Gasteiger partial charge in [0.25, 0.3) is 0 Å². The molecule has 0 aromatic heterocycles. The van der Waals surface area contributed by atoms with Crippen molar-refractivity contribution < 1.29 is 0 Å². The molecule has 1 aliphatic heterocycles. The minimum absolute atomic E-state index is 0.425. The molecule has 1 heterocycles. The summed E-state index contributed by atoms with van der Waals surface area (Å²) in [6.45, 7) is 8.34. The molecule has 1 saturated heterocycles. The van der Waals surface area contributed by atoms with Crippen LogP contribution in [0.25, 0.3) is 0 Å². The molecule has 2 rings (SSSR count). The topological polar surface area (TPSA) is 24.1 Å². The highest BCUT2D eigenvalue weighted by Crippen LogP contribution is 2.28. The van der Waals surface area contributed by atoms with E-state index in [1.54, 1.807) is 0 Å². The Kier molecular flexibility index (Phi) is 4.26. The van der Waals surface area contributed by atoms with Crippen molar-refractivity contribution in [3.63, 3.8) is 0 Å². The second-order valence-corrected chi connectivity index (χ2v) is 6.40. The van der Waals surface area contributed by atoms with E-state index >= 15 is 0 Å². The lowest BCUT2D eigenvalue weighted by Gasteiger charge is -2.39. The molecule has 2 fully saturated rings. The molecule has 0 aromatic carbocycles. The Bertz CT molecular complexity index is 207. The summed E-state index contributed by atoms with van der Waals surface area (Å²) in [6.07, 6.45) is 8.61. The van der Waals surface area contributed by atoms with Gasteiger partial charge in [0.05, 0.1) is 0 Å². The standard InChI is InChI=1S/C14H28N2/c1-14(2)11-15-9-8-13(14)16-10-7-12-5-3-4-6-12/h12-13,15-16H,3-11H2,1-2H3. The Morgan fingerprint density at radius 1 is 1.19 bits per heavy atom. The second kappa shape index (κ2) is 5.50. The predicted molar refractivity (Wildman–Crippen MR) is 69.6 cm³/mol. The van der Waals surface area contributed by atoms with E-state index in [1.165, 1.54) is 51.6 Å². The average molecular weight is 224 g/mol. The Morgan fingerprint density at radius 2 is 1.94 bits per heavy atom. The molecule has 2 aliphatic rings. The zero-order chi connectivity index (χ0) is 11.4. The van der Waals surface area contributed by atoms with E-state index in [9.17, 15) is 0 Å². The zero-order valence-corrected chi connectivity index (χ0v) is 11.0. The van der Waals surface area contributed by atoms with Crippen molar-refractivity contribution in [3.05, 3.63) is 0 Å². The van der Waals surface area contributed by atoms with Gasteiger partial charge in [0, 0.05) is 12.6 Å². The third-order valence-corrected chi connectivity index (χ3v) is 4.55. The van der Waals surface area contributed by atoms with Crippen molar-refractivity contribution in [2.24, 2.45) is 11.3 Å². The van der Waals surface area contributed by atoms with Crippen molar-refractivity contribution in [3.8, 4) is 0 Å². The van der Waals surface area contributed by atoms with Crippen LogP contribution >= 0.6 is 0 Å². The summed E-state index contributed by atoms with van der Waals surface area (Å²) in [5.41, 5.74) is 0.425. The molecule has 1 saturated carbocycles. The van der Waals surface area contributed by atoms with Gasteiger partial charge in [-0.3, -0.25) is 0 Å². The molecule has 2 N–H and O–H groups in total. The van der Waals surface area contributed by atoms with Crippen molar-refractivity contribution in [1.29, 1.82) is 0 Å². The first-order valence-electron chi connectivity index (χ1n) is 7.12. The summed E-state index contributed by atoms with van der Waals surface area (Å²) in [5.74, 6) is 1.03. The monoisotopic (exact) mass is 224 g/mol. The van der Waals surface area contributed by atoms with E-state index in [0.29, 0.717) is 5.41 Å². The molecule has 0 aromatic rings. The summed E-state index contributed by atoms with van der Waals surface area (Å²) < 4.78 is 0. The van der Waals surface area contributed by atoms with Gasteiger partial charge in [0.2, 0.25) is 0 Å². The van der Waals surface area contributed by atoms with Crippen LogP contribution in [0.4, 0.5) is 0 Å². The molecule has 0 amide bonds. The summed E-state index contributed by atoms with van der Waals surface area (Å²) in [6, 6.07) is 0.718. The molecule has 0 radical (unpaired) electrons. The van der Waals surface area contributed by atoms with Gasteiger partial charge in [0.1, 0.15) is 0 Å². The van der Waals surface area contributed by atoms with Crippen LogP contribution in [0.1, 0.15) is 52.4 Å². The number of hydrogen-bond donors (Lipinski definition) is 2. The molecular formula is C14H28N2. The summed E-state index contributed by atoms with van der Waals surface area (Å²) >= 11 is 0. The highest BCUT2D eigenvalue weighted by molar-refractivity contribution is 4.90. The zero-order valence-electron chi connectivity index (χ0n) is 11.0. The molecular weight excluding hydrogens is 196 g/mol. The largest absolute Gasteiger partial charge is 0.316 e. The fourth-order valence-corrected chi connectivity index (χ4v) is 3.31. The lowest BCUT2D eigenvalue weighted by atomic mass is 9.80. The van der Waals surface area contributed by atoms with Crippen LogP contribution in [-0.2, 0) is 0 Å². The van der Waals surface area contributed by atoms with Crippen LogP contribution in [-0.4, -0.2) is 25.7 Å². The quantitative estimate of drug-likeness (QED) is 0.767. The molecule has 94 valence electrons. The summed E-state index contributed by atoms with van der Waals surface area (Å²) in [7, 11) is 0. The highest BCUT2D eigenvalue weighted by atomic mass is 15.0. The van der Waals surface area contributed by atoms with Gasteiger partial charge >= 0.3 is 0 Å². The highest BCUT2D eigenvalue weighted by Gasteiger charge is 2.31. The second-order valence-electron chi connectivity index (χ2n) is 6.40. The third-order valence-electron chi connectivity index (χ3n) is 4.55. The third kappa shape index (κ3) is 3.21. The first-order valence-corrected chi connectivity index (χ1v) is 7.12. The van der Waals surface area contributed by atoms with Crippen molar-refractivity contribution >= 4 is 0 Å². The maximum atomic E-state index is 3.80. The van der Waals surface area contributed by atoms with Gasteiger partial charge in [0.15, 0.2) is 0 Å². The number of piperidine rings is 1. The summed E-state index contributed by atoms with van der Waals surface area (Å²) in [4.78, 5) is 0. The predicted octanol–water partition coefficient (Wildman–Crippen LogP) is 2.54. The van der Waals surface area contributed by atoms with Gasteiger partial charge in [-0.1, -0.05) is 39.5 Å². The van der Waals surface area contributed by atoms with E-state index in [0.717, 1.165) is 18.5 Å². The minimum Gasteiger partial charge on any atom is -0.316 e. The Balaban J connectivity index is 1.67. The maximum absolute atomic E-state index is 3.80. The smallest absolute Gasteiger partial charge is 0.0142 e. The molecule has 2 nitrogen and oxygen atoms in total. The van der Waals surface area contributed by atoms with Gasteiger partial charge < -0.3 is 10.6 Å². The van der Waals surface area contributed by atoms with Gasteiger partial charge in [-0.15, -0.1) is 0 Å². The molecule has 1 atom stereocenters. The van der Waals surface area contributed by atoms with Crippen LogP contribution in [0.15, 0.2) is 0 Å². The molecule has 1 aliphatic carbocycles. The van der Waals surface area contributed by atoms with E-state index in [4.69, 9.17) is 0 Å².